The number of ketones is 1. The number of amides is 1. The maximum Gasteiger partial charge on any atom is 0.407 e. The van der Waals surface area contributed by atoms with Crippen LogP contribution in [0.3, 0.4) is 0 Å². The van der Waals surface area contributed by atoms with Gasteiger partial charge >= 0.3 is 6.09 Å². The molecule has 1 rings (SSSR count). The highest BCUT2D eigenvalue weighted by Crippen LogP contribution is 2.18. The quantitative estimate of drug-likeness (QED) is 0.721. The van der Waals surface area contributed by atoms with Gasteiger partial charge in [0.05, 0.1) is 6.04 Å². The number of benzene rings is 1. The minimum absolute atomic E-state index is 0.0766. The Hall–Kier alpha value is -1.88. The Morgan fingerprint density at radius 2 is 1.83 bits per heavy atom. The van der Waals surface area contributed by atoms with Crippen molar-refractivity contribution in [2.24, 2.45) is 11.1 Å². The number of alkyl carbamates (subject to hydrolysis) is 1. The van der Waals surface area contributed by atoms with Crippen molar-refractivity contribution >= 4 is 11.9 Å². The van der Waals surface area contributed by atoms with E-state index in [4.69, 9.17) is 10.5 Å². The summed E-state index contributed by atoms with van der Waals surface area (Å²) in [5.41, 5.74) is 6.45. The molecule has 1 aromatic carbocycles. The van der Waals surface area contributed by atoms with E-state index < -0.39 is 17.6 Å². The van der Waals surface area contributed by atoms with Crippen LogP contribution in [0.2, 0.25) is 0 Å². The first-order valence-electron chi connectivity index (χ1n) is 8.05. The monoisotopic (exact) mass is 320 g/mol. The van der Waals surface area contributed by atoms with Crippen LogP contribution in [0.4, 0.5) is 4.79 Å². The van der Waals surface area contributed by atoms with Gasteiger partial charge in [0.15, 0.2) is 5.78 Å². The van der Waals surface area contributed by atoms with E-state index in [0.717, 1.165) is 18.4 Å². The smallest absolute Gasteiger partial charge is 0.407 e. The van der Waals surface area contributed by atoms with Gasteiger partial charge in [0.25, 0.3) is 0 Å². The van der Waals surface area contributed by atoms with E-state index in [2.05, 4.69) is 5.32 Å². The van der Waals surface area contributed by atoms with Crippen LogP contribution < -0.4 is 11.1 Å². The number of rotatable bonds is 8. The van der Waals surface area contributed by atoms with Gasteiger partial charge in [0.2, 0.25) is 0 Å². The van der Waals surface area contributed by atoms with Crippen LogP contribution in [-0.2, 0) is 16.1 Å². The molecule has 0 unspecified atom stereocenters. The van der Waals surface area contributed by atoms with Crippen molar-refractivity contribution in [1.29, 1.82) is 0 Å². The van der Waals surface area contributed by atoms with Crippen molar-refractivity contribution in [1.82, 2.24) is 5.32 Å². The summed E-state index contributed by atoms with van der Waals surface area (Å²) in [5.74, 6) is 0.0766. The van der Waals surface area contributed by atoms with Crippen LogP contribution in [0.5, 0.6) is 0 Å². The first-order valence-corrected chi connectivity index (χ1v) is 8.05. The molecule has 0 spiro atoms. The van der Waals surface area contributed by atoms with E-state index in [1.807, 2.05) is 51.1 Å². The normalized spacial score (nSPS) is 12.5. The molecule has 1 atom stereocenters. The van der Waals surface area contributed by atoms with E-state index in [1.165, 1.54) is 0 Å². The highest BCUT2D eigenvalue weighted by molar-refractivity contribution is 5.88. The number of unbranched alkanes of at least 4 members (excludes halogenated alkanes) is 1. The maximum atomic E-state index is 11.9. The second-order valence-corrected chi connectivity index (χ2v) is 6.71. The minimum Gasteiger partial charge on any atom is -0.445 e. The zero-order valence-corrected chi connectivity index (χ0v) is 14.3. The largest absolute Gasteiger partial charge is 0.445 e. The molecule has 1 aromatic rings. The summed E-state index contributed by atoms with van der Waals surface area (Å²) in [6.45, 7) is 6.40. The molecule has 0 fully saturated rings. The zero-order chi connectivity index (χ0) is 17.3. The molecule has 0 aliphatic carbocycles. The third kappa shape index (κ3) is 7.79. The number of carbonyl (C=O) groups is 2. The van der Waals surface area contributed by atoms with Gasteiger partial charge in [-0.2, -0.15) is 0 Å². The third-order valence-corrected chi connectivity index (χ3v) is 3.50. The van der Waals surface area contributed by atoms with Crippen LogP contribution in [0, 0.1) is 5.41 Å². The lowest BCUT2D eigenvalue weighted by atomic mass is 9.85. The standard InChI is InChI=1S/C18H28N2O3/c1-18(2,3)16(21)15(19)11-7-8-12-20-17(22)23-13-14-9-5-4-6-10-14/h4-6,9-10,15H,7-8,11-13,19H2,1-3H3,(H,20,22)/t15-/m0/s1. The molecule has 0 aromatic heterocycles. The Balaban J connectivity index is 2.10. The molecule has 3 N–H and O–H groups in total. The maximum absolute atomic E-state index is 11.9. The summed E-state index contributed by atoms with van der Waals surface area (Å²) >= 11 is 0. The Labute approximate surface area is 138 Å². The van der Waals surface area contributed by atoms with Crippen molar-refractivity contribution in [2.45, 2.75) is 52.7 Å². The van der Waals surface area contributed by atoms with Crippen LogP contribution in [0.15, 0.2) is 30.3 Å². The van der Waals surface area contributed by atoms with Crippen molar-refractivity contribution in [3.8, 4) is 0 Å². The zero-order valence-electron chi connectivity index (χ0n) is 14.3. The lowest BCUT2D eigenvalue weighted by Gasteiger charge is -2.21. The van der Waals surface area contributed by atoms with Crippen molar-refractivity contribution in [3.05, 3.63) is 35.9 Å². The third-order valence-electron chi connectivity index (χ3n) is 3.50. The summed E-state index contributed by atoms with van der Waals surface area (Å²) in [7, 11) is 0. The molecule has 0 aliphatic rings. The summed E-state index contributed by atoms with van der Waals surface area (Å²) < 4.78 is 5.11. The molecule has 0 saturated heterocycles. The lowest BCUT2D eigenvalue weighted by molar-refractivity contribution is -0.127. The first kappa shape index (κ1) is 19.2. The van der Waals surface area contributed by atoms with Gasteiger partial charge in [0.1, 0.15) is 6.61 Å². The van der Waals surface area contributed by atoms with Crippen LogP contribution in [0.25, 0.3) is 0 Å². The van der Waals surface area contributed by atoms with Crippen LogP contribution in [0.1, 0.15) is 45.6 Å². The van der Waals surface area contributed by atoms with Gasteiger partial charge in [-0.15, -0.1) is 0 Å². The second kappa shape index (κ2) is 9.30. The average molecular weight is 320 g/mol. The second-order valence-electron chi connectivity index (χ2n) is 6.71. The predicted octanol–water partition coefficient (Wildman–Crippen LogP) is 3.03. The molecule has 0 saturated carbocycles. The Bertz CT molecular complexity index is 495. The molecule has 128 valence electrons. The molecule has 0 aliphatic heterocycles. The number of Topliss-reactive ketones (excluding diaryl/α,β-unsaturated/α-hetero) is 1. The van der Waals surface area contributed by atoms with Crippen molar-refractivity contribution in [2.75, 3.05) is 6.54 Å². The van der Waals surface area contributed by atoms with Gasteiger partial charge in [-0.05, 0) is 24.8 Å². The summed E-state index contributed by atoms with van der Waals surface area (Å²) in [4.78, 5) is 23.5. The van der Waals surface area contributed by atoms with Crippen LogP contribution >= 0.6 is 0 Å². The minimum atomic E-state index is -0.431. The van der Waals surface area contributed by atoms with Crippen LogP contribution in [-0.4, -0.2) is 24.5 Å². The molecule has 0 heterocycles. The Morgan fingerprint density at radius 3 is 2.43 bits per heavy atom. The SMILES string of the molecule is CC(C)(C)C(=O)[C@@H](N)CCCCNC(=O)OCc1ccccc1. The molecular formula is C18H28N2O3. The van der Waals surface area contributed by atoms with Gasteiger partial charge in [-0.25, -0.2) is 4.79 Å². The molecule has 1 amide bonds. The van der Waals surface area contributed by atoms with Gasteiger partial charge in [-0.1, -0.05) is 51.1 Å². The van der Waals surface area contributed by atoms with E-state index in [0.29, 0.717) is 13.0 Å². The Kier molecular flexibility index (Phi) is 7.75. The van der Waals surface area contributed by atoms with E-state index in [9.17, 15) is 9.59 Å². The highest BCUT2D eigenvalue weighted by Gasteiger charge is 2.26. The molecule has 23 heavy (non-hydrogen) atoms. The molecule has 0 radical (unpaired) electrons. The summed E-state index contributed by atoms with van der Waals surface area (Å²) in [6, 6.07) is 9.10. The fourth-order valence-corrected chi connectivity index (χ4v) is 2.14. The number of ether oxygens (including phenoxy) is 1. The van der Waals surface area contributed by atoms with Crippen molar-refractivity contribution < 1.29 is 14.3 Å². The van der Waals surface area contributed by atoms with Gasteiger partial charge in [-0.3, -0.25) is 4.79 Å². The summed E-state index contributed by atoms with van der Waals surface area (Å²) in [5, 5.41) is 2.70. The fourth-order valence-electron chi connectivity index (χ4n) is 2.14. The van der Waals surface area contributed by atoms with E-state index >= 15 is 0 Å². The number of carbonyl (C=O) groups excluding carboxylic acids is 2. The molecule has 0 bridgehead atoms. The van der Waals surface area contributed by atoms with Gasteiger partial charge < -0.3 is 15.8 Å². The Morgan fingerprint density at radius 1 is 1.17 bits per heavy atom. The number of hydrogen-bond donors (Lipinski definition) is 2. The number of nitrogens with two attached hydrogens (primary N) is 1. The lowest BCUT2D eigenvalue weighted by Crippen LogP contribution is -2.38. The highest BCUT2D eigenvalue weighted by atomic mass is 16.5. The molecule has 5 heteroatoms. The first-order chi connectivity index (χ1) is 10.8. The average Bonchev–Trinajstić information content (AvgIpc) is 2.51. The number of nitrogens with one attached hydrogen (secondary N) is 1. The van der Waals surface area contributed by atoms with E-state index in [1.54, 1.807) is 0 Å². The molecular weight excluding hydrogens is 292 g/mol. The molecule has 5 nitrogen and oxygen atoms in total. The number of hydrogen-bond acceptors (Lipinski definition) is 4. The fraction of sp³-hybridized carbons (Fsp3) is 0.556. The summed E-state index contributed by atoms with van der Waals surface area (Å²) in [6.07, 6.45) is 1.77. The van der Waals surface area contributed by atoms with Crippen molar-refractivity contribution in [3.63, 3.8) is 0 Å². The topological polar surface area (TPSA) is 81.4 Å². The van der Waals surface area contributed by atoms with Gasteiger partial charge in [0, 0.05) is 12.0 Å². The van der Waals surface area contributed by atoms with E-state index in [-0.39, 0.29) is 12.4 Å². The predicted molar refractivity (Wildman–Crippen MR) is 90.9 cm³/mol.